The fourth-order valence-electron chi connectivity index (χ4n) is 2.05. The average Bonchev–Trinajstić information content (AvgIpc) is 2.50. The van der Waals surface area contributed by atoms with E-state index in [2.05, 4.69) is 19.9 Å². The van der Waals surface area contributed by atoms with Crippen LogP contribution in [-0.4, -0.2) is 19.9 Å². The molecule has 1 aromatic carbocycles. The van der Waals surface area contributed by atoms with Crippen molar-refractivity contribution in [2.24, 2.45) is 0 Å². The van der Waals surface area contributed by atoms with Gasteiger partial charge in [0.25, 0.3) is 5.56 Å². The zero-order valence-electron chi connectivity index (χ0n) is 11.8. The molecule has 6 heteroatoms. The minimum absolute atomic E-state index is 0.104. The van der Waals surface area contributed by atoms with E-state index in [4.69, 9.17) is 0 Å². The number of nitrogens with one attached hydrogen (secondary N) is 1. The second kappa shape index (κ2) is 5.65. The molecule has 0 spiro atoms. The Kier molecular flexibility index (Phi) is 3.70. The third-order valence-corrected chi connectivity index (χ3v) is 4.22. The van der Waals surface area contributed by atoms with Gasteiger partial charge in [0, 0.05) is 12.4 Å². The first kappa shape index (κ1) is 13.8. The Balaban J connectivity index is 1.97. The van der Waals surface area contributed by atoms with E-state index in [-0.39, 0.29) is 5.56 Å². The van der Waals surface area contributed by atoms with Crippen LogP contribution in [0, 0.1) is 13.8 Å². The van der Waals surface area contributed by atoms with Gasteiger partial charge in [-0.2, -0.15) is 0 Å². The van der Waals surface area contributed by atoms with Crippen LogP contribution in [0.5, 0.6) is 0 Å². The van der Waals surface area contributed by atoms with Crippen molar-refractivity contribution in [1.29, 1.82) is 0 Å². The summed E-state index contributed by atoms with van der Waals surface area (Å²) >= 11 is 1.45. The Morgan fingerprint density at radius 2 is 1.95 bits per heavy atom. The van der Waals surface area contributed by atoms with Gasteiger partial charge in [-0.15, -0.1) is 0 Å². The van der Waals surface area contributed by atoms with Crippen molar-refractivity contribution < 1.29 is 0 Å². The molecule has 3 rings (SSSR count). The number of fused-ring (bicyclic) bond motifs is 1. The zero-order valence-corrected chi connectivity index (χ0v) is 12.6. The lowest BCUT2D eigenvalue weighted by molar-refractivity contribution is 0.958. The molecular formula is C15H14N4OS. The quantitative estimate of drug-likeness (QED) is 0.594. The normalized spacial score (nSPS) is 11.0. The van der Waals surface area contributed by atoms with Gasteiger partial charge < -0.3 is 4.98 Å². The zero-order chi connectivity index (χ0) is 14.8. The lowest BCUT2D eigenvalue weighted by Gasteiger charge is -2.06. The summed E-state index contributed by atoms with van der Waals surface area (Å²) in [5.74, 6) is 1.17. The Hall–Kier alpha value is -2.21. The van der Waals surface area contributed by atoms with Crippen molar-refractivity contribution in [2.45, 2.75) is 24.8 Å². The molecule has 2 aromatic heterocycles. The largest absolute Gasteiger partial charge is 0.309 e. The summed E-state index contributed by atoms with van der Waals surface area (Å²) in [4.78, 5) is 27.8. The molecule has 0 saturated carbocycles. The topological polar surface area (TPSA) is 71.5 Å². The van der Waals surface area contributed by atoms with Gasteiger partial charge in [-0.25, -0.2) is 15.0 Å². The van der Waals surface area contributed by atoms with Crippen LogP contribution in [-0.2, 0) is 5.75 Å². The molecule has 0 aliphatic carbocycles. The van der Waals surface area contributed by atoms with E-state index in [1.807, 2.05) is 26.0 Å². The van der Waals surface area contributed by atoms with Gasteiger partial charge in [-0.05, 0) is 37.1 Å². The highest BCUT2D eigenvalue weighted by molar-refractivity contribution is 7.98. The summed E-state index contributed by atoms with van der Waals surface area (Å²) in [6, 6.07) is 5.54. The molecule has 106 valence electrons. The number of hydrogen-bond donors (Lipinski definition) is 1. The molecule has 0 saturated heterocycles. The summed E-state index contributed by atoms with van der Waals surface area (Å²) in [6.45, 7) is 4.01. The van der Waals surface area contributed by atoms with Crippen LogP contribution in [0.15, 0.2) is 40.5 Å². The third-order valence-electron chi connectivity index (χ3n) is 3.33. The van der Waals surface area contributed by atoms with E-state index in [0.717, 1.165) is 16.6 Å². The number of aryl methyl sites for hydroxylation is 2. The van der Waals surface area contributed by atoms with Crippen molar-refractivity contribution >= 4 is 22.7 Å². The molecular weight excluding hydrogens is 284 g/mol. The highest BCUT2D eigenvalue weighted by Gasteiger charge is 2.08. The van der Waals surface area contributed by atoms with Crippen molar-refractivity contribution in [3.8, 4) is 0 Å². The fraction of sp³-hybridized carbons (Fsp3) is 0.200. The summed E-state index contributed by atoms with van der Waals surface area (Å²) < 4.78 is 0. The highest BCUT2D eigenvalue weighted by atomic mass is 32.2. The molecule has 5 nitrogen and oxygen atoms in total. The molecule has 0 radical (unpaired) electrons. The number of H-pyrrole nitrogens is 1. The number of hydrogen-bond acceptors (Lipinski definition) is 5. The summed E-state index contributed by atoms with van der Waals surface area (Å²) in [7, 11) is 0. The molecule has 21 heavy (non-hydrogen) atoms. The number of aromatic amines is 1. The first-order valence-electron chi connectivity index (χ1n) is 6.54. The van der Waals surface area contributed by atoms with E-state index in [1.54, 1.807) is 18.5 Å². The van der Waals surface area contributed by atoms with E-state index >= 15 is 0 Å². The number of aromatic nitrogens is 4. The minimum Gasteiger partial charge on any atom is -0.309 e. The molecule has 0 aliphatic heterocycles. The lowest BCUT2D eigenvalue weighted by atomic mass is 10.1. The SMILES string of the molecule is Cc1ccc2c(=O)[nH]c(CSc3ncccn3)nc2c1C. The molecule has 0 atom stereocenters. The van der Waals surface area contributed by atoms with Gasteiger partial charge in [0.2, 0.25) is 0 Å². The molecule has 0 unspecified atom stereocenters. The summed E-state index contributed by atoms with van der Waals surface area (Å²) in [6.07, 6.45) is 3.39. The molecule has 3 aromatic rings. The van der Waals surface area contributed by atoms with Crippen molar-refractivity contribution in [2.75, 3.05) is 0 Å². The van der Waals surface area contributed by atoms with Gasteiger partial charge in [-0.3, -0.25) is 4.79 Å². The Bertz CT molecular complexity index is 845. The molecule has 0 aliphatic rings. The van der Waals surface area contributed by atoms with E-state index < -0.39 is 0 Å². The first-order chi connectivity index (χ1) is 10.1. The predicted octanol–water partition coefficient (Wildman–Crippen LogP) is 2.62. The summed E-state index contributed by atoms with van der Waals surface area (Å²) in [5, 5.41) is 1.30. The molecule has 0 bridgehead atoms. The van der Waals surface area contributed by atoms with E-state index in [0.29, 0.717) is 22.1 Å². The van der Waals surface area contributed by atoms with Crippen LogP contribution < -0.4 is 5.56 Å². The smallest absolute Gasteiger partial charge is 0.258 e. The van der Waals surface area contributed by atoms with Gasteiger partial charge >= 0.3 is 0 Å². The van der Waals surface area contributed by atoms with Gasteiger partial charge in [0.1, 0.15) is 5.82 Å². The minimum atomic E-state index is -0.104. The van der Waals surface area contributed by atoms with Crippen LogP contribution in [0.3, 0.4) is 0 Å². The fourth-order valence-corrected chi connectivity index (χ4v) is 2.72. The first-order valence-corrected chi connectivity index (χ1v) is 7.52. The third kappa shape index (κ3) is 2.80. The predicted molar refractivity (Wildman–Crippen MR) is 83.4 cm³/mol. The van der Waals surface area contributed by atoms with Gasteiger partial charge in [0.15, 0.2) is 5.16 Å². The van der Waals surface area contributed by atoms with Crippen LogP contribution in [0.2, 0.25) is 0 Å². The molecule has 0 amide bonds. The maximum atomic E-state index is 12.1. The second-order valence-corrected chi connectivity index (χ2v) is 5.68. The van der Waals surface area contributed by atoms with E-state index in [9.17, 15) is 4.79 Å². The van der Waals surface area contributed by atoms with Crippen LogP contribution >= 0.6 is 11.8 Å². The summed E-state index contributed by atoms with van der Waals surface area (Å²) in [5.41, 5.74) is 2.84. The van der Waals surface area contributed by atoms with Crippen LogP contribution in [0.4, 0.5) is 0 Å². The number of rotatable bonds is 3. The van der Waals surface area contributed by atoms with Gasteiger partial charge in [0.05, 0.1) is 16.7 Å². The maximum Gasteiger partial charge on any atom is 0.258 e. The Labute approximate surface area is 125 Å². The number of benzene rings is 1. The highest BCUT2D eigenvalue weighted by Crippen LogP contribution is 2.19. The Morgan fingerprint density at radius 3 is 2.71 bits per heavy atom. The average molecular weight is 298 g/mol. The molecule has 2 heterocycles. The molecule has 0 fully saturated rings. The second-order valence-electron chi connectivity index (χ2n) is 4.74. The van der Waals surface area contributed by atoms with Crippen LogP contribution in [0.1, 0.15) is 17.0 Å². The van der Waals surface area contributed by atoms with E-state index in [1.165, 1.54) is 11.8 Å². The monoisotopic (exact) mass is 298 g/mol. The van der Waals surface area contributed by atoms with Gasteiger partial charge in [-0.1, -0.05) is 17.8 Å². The maximum absolute atomic E-state index is 12.1. The Morgan fingerprint density at radius 1 is 1.19 bits per heavy atom. The van der Waals surface area contributed by atoms with Crippen molar-refractivity contribution in [1.82, 2.24) is 19.9 Å². The lowest BCUT2D eigenvalue weighted by Crippen LogP contribution is -2.12. The number of nitrogens with zero attached hydrogens (tertiary/aromatic N) is 3. The van der Waals surface area contributed by atoms with Crippen LogP contribution in [0.25, 0.3) is 10.9 Å². The number of thioether (sulfide) groups is 1. The van der Waals surface area contributed by atoms with Crippen molar-refractivity contribution in [3.05, 3.63) is 57.9 Å². The standard InChI is InChI=1S/C15H14N4OS/c1-9-4-5-11-13(10(9)2)18-12(19-14(11)20)8-21-15-16-6-3-7-17-15/h3-7H,8H2,1-2H3,(H,18,19,20). The van der Waals surface area contributed by atoms with Crippen molar-refractivity contribution in [3.63, 3.8) is 0 Å². The molecule has 1 N–H and O–H groups in total.